The number of nitrogens with zero attached hydrogens (tertiary/aromatic N) is 4. The predicted octanol–water partition coefficient (Wildman–Crippen LogP) is 10.5. The number of benzene rings is 1. The lowest BCUT2D eigenvalue weighted by Crippen LogP contribution is -2.62. The van der Waals surface area contributed by atoms with Gasteiger partial charge >= 0.3 is 0 Å². The van der Waals surface area contributed by atoms with Gasteiger partial charge in [0.15, 0.2) is 0 Å². The first-order valence-electron chi connectivity index (χ1n) is 21.6. The number of hydrogen-bond acceptors (Lipinski definition) is 5. The van der Waals surface area contributed by atoms with Crippen LogP contribution >= 0.6 is 0 Å². The highest BCUT2D eigenvalue weighted by Crippen LogP contribution is 2.53. The highest BCUT2D eigenvalue weighted by molar-refractivity contribution is 5.68. The van der Waals surface area contributed by atoms with Crippen molar-refractivity contribution in [2.75, 3.05) is 4.90 Å². The standard InChI is InChI=1S/C47H59N5/c48-30-31-14-1-2-15-33(31)35-17-5-6-19-37(35)36-18-4-3-16-34(36)32-28-45(51-42-24-10-7-20-38(42)39-21-8-11-25-43(39)51)50-46(29-32)52-44-26-12-9-22-40(44)41-23-13-27-49-47(41)52/h2,4,9-10,12,15,18,22,24,26-27,31-33,35,37-38,41-42,45-47,50H,1,3,5-8,11,13-14,16-17,19-21,23,25,28-29H2. The molecule has 1 saturated heterocycles. The third-order valence-electron chi connectivity index (χ3n) is 15.2. The summed E-state index contributed by atoms with van der Waals surface area (Å²) in [6.07, 6.45) is 40.0. The highest BCUT2D eigenvalue weighted by atomic mass is 15.4. The van der Waals surface area contributed by atoms with Crippen molar-refractivity contribution in [3.8, 4) is 6.07 Å². The quantitative estimate of drug-likeness (QED) is 0.312. The molecular weight excluding hydrogens is 635 g/mol. The third-order valence-corrected chi connectivity index (χ3v) is 15.2. The Morgan fingerprint density at radius 2 is 1.56 bits per heavy atom. The van der Waals surface area contributed by atoms with E-state index in [9.17, 15) is 5.26 Å². The van der Waals surface area contributed by atoms with Crippen molar-refractivity contribution in [2.45, 2.75) is 146 Å². The van der Waals surface area contributed by atoms with Gasteiger partial charge in [-0.2, -0.15) is 5.26 Å². The number of anilines is 1. The van der Waals surface area contributed by atoms with Crippen LogP contribution in [0.25, 0.3) is 0 Å². The van der Waals surface area contributed by atoms with Crippen molar-refractivity contribution in [3.63, 3.8) is 0 Å². The molecule has 4 heterocycles. The molecule has 52 heavy (non-hydrogen) atoms. The molecule has 5 nitrogen and oxygen atoms in total. The number of allylic oxidation sites excluding steroid dienone is 8. The minimum atomic E-state index is 0.170. The van der Waals surface area contributed by atoms with Crippen LogP contribution in [0.2, 0.25) is 0 Å². The van der Waals surface area contributed by atoms with Gasteiger partial charge in [-0.25, -0.2) is 0 Å². The molecule has 1 aromatic rings. The summed E-state index contributed by atoms with van der Waals surface area (Å²) in [7, 11) is 0. The lowest BCUT2D eigenvalue weighted by Gasteiger charge is -2.50. The molecule has 11 atom stereocenters. The Bertz CT molecular complexity index is 1750. The van der Waals surface area contributed by atoms with Crippen LogP contribution in [0.4, 0.5) is 5.69 Å². The number of rotatable bonds is 5. The van der Waals surface area contributed by atoms with Gasteiger partial charge in [0.2, 0.25) is 0 Å². The summed E-state index contributed by atoms with van der Waals surface area (Å²) in [5.74, 6) is 3.45. The van der Waals surface area contributed by atoms with Crippen molar-refractivity contribution >= 4 is 11.9 Å². The zero-order valence-corrected chi connectivity index (χ0v) is 31.2. The molecule has 0 radical (unpaired) electrons. The van der Waals surface area contributed by atoms with E-state index in [0.29, 0.717) is 47.7 Å². The topological polar surface area (TPSA) is 54.7 Å². The van der Waals surface area contributed by atoms with Gasteiger partial charge in [-0.15, -0.1) is 0 Å². The van der Waals surface area contributed by atoms with Crippen LogP contribution in [0.15, 0.2) is 88.1 Å². The molecule has 4 aliphatic heterocycles. The molecule has 10 rings (SSSR count). The van der Waals surface area contributed by atoms with Gasteiger partial charge in [0, 0.05) is 29.4 Å². The SMILES string of the molecule is N#CC1CCC=CC1C1CCCCC1C1=C(C2CC(N3C4=C(CCCC4)C4CCC=CC43)NC(N3c4ccccc4C4CCC=NC43)C2)CCC=C1. The summed E-state index contributed by atoms with van der Waals surface area (Å²) in [4.78, 5) is 11.0. The molecule has 2 fully saturated rings. The smallest absolute Gasteiger partial charge is 0.128 e. The van der Waals surface area contributed by atoms with Crippen LogP contribution in [0, 0.1) is 46.8 Å². The zero-order valence-electron chi connectivity index (χ0n) is 31.2. The fourth-order valence-corrected chi connectivity index (χ4v) is 13.1. The molecule has 272 valence electrons. The Morgan fingerprint density at radius 3 is 2.50 bits per heavy atom. The van der Waals surface area contributed by atoms with Gasteiger partial charge in [-0.05, 0) is 149 Å². The number of fused-ring (bicyclic) bond motifs is 5. The number of aliphatic imine (C=N–C) groups is 1. The monoisotopic (exact) mass is 693 g/mol. The fourth-order valence-electron chi connectivity index (χ4n) is 13.1. The summed E-state index contributed by atoms with van der Waals surface area (Å²) in [5, 5.41) is 14.7. The minimum Gasteiger partial charge on any atom is -0.352 e. The molecule has 5 heteroatoms. The Morgan fingerprint density at radius 1 is 0.731 bits per heavy atom. The molecule has 0 amide bonds. The van der Waals surface area contributed by atoms with Crippen LogP contribution in [-0.2, 0) is 0 Å². The van der Waals surface area contributed by atoms with Crippen LogP contribution in [0.3, 0.4) is 0 Å². The summed E-state index contributed by atoms with van der Waals surface area (Å²) in [6.45, 7) is 0. The number of para-hydroxylation sites is 1. The van der Waals surface area contributed by atoms with Gasteiger partial charge in [0.25, 0.3) is 0 Å². The molecule has 0 aromatic heterocycles. The van der Waals surface area contributed by atoms with Crippen molar-refractivity contribution in [1.82, 2.24) is 10.2 Å². The van der Waals surface area contributed by atoms with Gasteiger partial charge in [-0.3, -0.25) is 10.3 Å². The summed E-state index contributed by atoms with van der Waals surface area (Å²) >= 11 is 0. The van der Waals surface area contributed by atoms with Gasteiger partial charge < -0.3 is 9.80 Å². The van der Waals surface area contributed by atoms with Gasteiger partial charge in [0.1, 0.15) is 6.17 Å². The Labute approximate surface area is 312 Å². The van der Waals surface area contributed by atoms with Crippen LogP contribution < -0.4 is 10.2 Å². The van der Waals surface area contributed by atoms with E-state index in [4.69, 9.17) is 4.99 Å². The predicted molar refractivity (Wildman–Crippen MR) is 211 cm³/mol. The fraction of sp³-hybridized carbons (Fsp3) is 0.617. The van der Waals surface area contributed by atoms with Crippen LogP contribution in [0.5, 0.6) is 0 Å². The molecule has 1 aromatic carbocycles. The number of hydrogen-bond donors (Lipinski definition) is 1. The first-order valence-corrected chi connectivity index (χ1v) is 21.6. The lowest BCUT2D eigenvalue weighted by molar-refractivity contribution is 0.0954. The second-order valence-corrected chi connectivity index (χ2v) is 17.7. The van der Waals surface area contributed by atoms with E-state index in [1.807, 2.05) is 5.57 Å². The normalized spacial score (nSPS) is 39.6. The number of nitriles is 1. The lowest BCUT2D eigenvalue weighted by atomic mass is 9.62. The summed E-state index contributed by atoms with van der Waals surface area (Å²) in [5.41, 5.74) is 9.89. The maximum atomic E-state index is 10.3. The first kappa shape index (κ1) is 33.2. The number of nitrogens with one attached hydrogen (secondary N) is 1. The maximum Gasteiger partial charge on any atom is 0.128 e. The summed E-state index contributed by atoms with van der Waals surface area (Å²) < 4.78 is 0. The van der Waals surface area contributed by atoms with E-state index in [2.05, 4.69) is 88.1 Å². The first-order chi connectivity index (χ1) is 25.8. The third kappa shape index (κ3) is 5.61. The van der Waals surface area contributed by atoms with E-state index in [-0.39, 0.29) is 18.2 Å². The van der Waals surface area contributed by atoms with Crippen molar-refractivity contribution < 1.29 is 0 Å². The van der Waals surface area contributed by atoms with Crippen molar-refractivity contribution in [1.29, 1.82) is 5.26 Å². The van der Waals surface area contributed by atoms with Gasteiger partial charge in [0.05, 0.1) is 30.4 Å². The zero-order chi connectivity index (χ0) is 34.6. The molecule has 5 aliphatic carbocycles. The molecule has 1 N–H and O–H groups in total. The molecule has 9 aliphatic rings. The average molecular weight is 694 g/mol. The molecular formula is C47H59N5. The van der Waals surface area contributed by atoms with Crippen LogP contribution in [0.1, 0.15) is 127 Å². The average Bonchev–Trinajstić information content (AvgIpc) is 3.74. The van der Waals surface area contributed by atoms with Gasteiger partial charge in [-0.1, -0.05) is 73.1 Å². The Balaban J connectivity index is 1.06. The number of piperidine rings is 1. The van der Waals surface area contributed by atoms with E-state index in [1.165, 1.54) is 94.7 Å². The Hall–Kier alpha value is -3.36. The summed E-state index contributed by atoms with van der Waals surface area (Å²) in [6, 6.07) is 12.6. The second kappa shape index (κ2) is 14.1. The molecule has 0 spiro atoms. The second-order valence-electron chi connectivity index (χ2n) is 17.7. The molecule has 0 bridgehead atoms. The van der Waals surface area contributed by atoms with Crippen molar-refractivity contribution in [2.24, 2.45) is 40.5 Å². The molecule has 11 unspecified atom stereocenters. The minimum absolute atomic E-state index is 0.170. The van der Waals surface area contributed by atoms with E-state index >= 15 is 0 Å². The van der Waals surface area contributed by atoms with E-state index in [0.717, 1.165) is 32.1 Å². The maximum absolute atomic E-state index is 10.3. The van der Waals surface area contributed by atoms with Crippen molar-refractivity contribution in [3.05, 3.63) is 88.7 Å². The van der Waals surface area contributed by atoms with Crippen LogP contribution in [-0.4, -0.2) is 35.7 Å². The van der Waals surface area contributed by atoms with E-state index in [1.54, 1.807) is 16.8 Å². The highest BCUT2D eigenvalue weighted by Gasteiger charge is 2.50. The molecule has 1 saturated carbocycles. The Kier molecular flexibility index (Phi) is 9.03. The van der Waals surface area contributed by atoms with E-state index < -0.39 is 0 Å². The largest absolute Gasteiger partial charge is 0.352 e.